The van der Waals surface area contributed by atoms with Crippen molar-refractivity contribution in [3.63, 3.8) is 0 Å². The van der Waals surface area contributed by atoms with Crippen LogP contribution in [0.15, 0.2) is 24.3 Å². The van der Waals surface area contributed by atoms with E-state index < -0.39 is 29.5 Å². The fourth-order valence-electron chi connectivity index (χ4n) is 2.13. The Hall–Kier alpha value is -2.08. The SMILES string of the molecule is CC(NC(=O)OC(C)(C)C)C1(O)OC(=O)c2ccccc21. The van der Waals surface area contributed by atoms with Crippen molar-refractivity contribution in [2.45, 2.75) is 45.1 Å². The lowest BCUT2D eigenvalue weighted by Gasteiger charge is -2.30. The molecule has 114 valence electrons. The lowest BCUT2D eigenvalue weighted by atomic mass is 9.97. The van der Waals surface area contributed by atoms with Crippen molar-refractivity contribution in [1.82, 2.24) is 5.32 Å². The molecule has 1 aliphatic heterocycles. The Kier molecular flexibility index (Phi) is 3.67. The molecule has 0 aromatic heterocycles. The number of nitrogens with one attached hydrogen (secondary N) is 1. The number of esters is 1. The van der Waals surface area contributed by atoms with Crippen molar-refractivity contribution < 1.29 is 24.2 Å². The van der Waals surface area contributed by atoms with Gasteiger partial charge in [-0.05, 0) is 33.8 Å². The van der Waals surface area contributed by atoms with Crippen molar-refractivity contribution in [3.8, 4) is 0 Å². The molecular formula is C15H19NO5. The second-order valence-electron chi connectivity index (χ2n) is 6.00. The van der Waals surface area contributed by atoms with Gasteiger partial charge in [0.15, 0.2) is 0 Å². The van der Waals surface area contributed by atoms with Gasteiger partial charge < -0.3 is 19.9 Å². The normalized spacial score (nSPS) is 22.2. The minimum Gasteiger partial charge on any atom is -0.444 e. The van der Waals surface area contributed by atoms with E-state index in [4.69, 9.17) is 9.47 Å². The highest BCUT2D eigenvalue weighted by atomic mass is 16.7. The van der Waals surface area contributed by atoms with Gasteiger partial charge >= 0.3 is 12.1 Å². The van der Waals surface area contributed by atoms with E-state index in [1.165, 1.54) is 0 Å². The van der Waals surface area contributed by atoms with Gasteiger partial charge in [0.25, 0.3) is 5.79 Å². The zero-order valence-electron chi connectivity index (χ0n) is 12.5. The van der Waals surface area contributed by atoms with Gasteiger partial charge in [-0.25, -0.2) is 9.59 Å². The molecule has 1 amide bonds. The van der Waals surface area contributed by atoms with Crippen molar-refractivity contribution >= 4 is 12.1 Å². The molecule has 21 heavy (non-hydrogen) atoms. The average Bonchev–Trinajstić information content (AvgIpc) is 2.61. The standard InChI is InChI=1S/C15H19NO5/c1-9(16-13(18)21-14(2,3)4)15(19)11-8-6-5-7-10(11)12(17)20-15/h5-9,19H,1-4H3,(H,16,18). The van der Waals surface area contributed by atoms with Crippen LogP contribution in [-0.4, -0.2) is 28.8 Å². The summed E-state index contributed by atoms with van der Waals surface area (Å²) in [6.45, 7) is 6.74. The average molecular weight is 293 g/mol. The minimum absolute atomic E-state index is 0.290. The van der Waals surface area contributed by atoms with Crippen molar-refractivity contribution in [1.29, 1.82) is 0 Å². The van der Waals surface area contributed by atoms with Crippen molar-refractivity contribution in [2.75, 3.05) is 0 Å². The van der Waals surface area contributed by atoms with Crippen LogP contribution >= 0.6 is 0 Å². The molecule has 2 atom stereocenters. The van der Waals surface area contributed by atoms with E-state index in [1.54, 1.807) is 52.0 Å². The molecule has 0 fully saturated rings. The summed E-state index contributed by atoms with van der Waals surface area (Å²) in [4.78, 5) is 23.6. The molecule has 0 aliphatic carbocycles. The number of ether oxygens (including phenoxy) is 2. The van der Waals surface area contributed by atoms with Gasteiger partial charge in [0.05, 0.1) is 11.6 Å². The highest BCUT2D eigenvalue weighted by molar-refractivity contribution is 5.94. The van der Waals surface area contributed by atoms with E-state index in [2.05, 4.69) is 5.32 Å². The molecule has 1 aliphatic rings. The predicted molar refractivity (Wildman–Crippen MR) is 74.6 cm³/mol. The number of aliphatic hydroxyl groups is 1. The van der Waals surface area contributed by atoms with Crippen LogP contribution in [0.1, 0.15) is 43.6 Å². The lowest BCUT2D eigenvalue weighted by molar-refractivity contribution is -0.180. The first kappa shape index (κ1) is 15.3. The number of hydrogen-bond acceptors (Lipinski definition) is 5. The molecule has 1 aromatic rings. The largest absolute Gasteiger partial charge is 0.444 e. The monoisotopic (exact) mass is 293 g/mol. The first-order valence-corrected chi connectivity index (χ1v) is 6.68. The van der Waals surface area contributed by atoms with Crippen molar-refractivity contribution in [3.05, 3.63) is 35.4 Å². The highest BCUT2D eigenvalue weighted by Gasteiger charge is 2.49. The topological polar surface area (TPSA) is 84.9 Å². The van der Waals surface area contributed by atoms with Gasteiger partial charge in [-0.15, -0.1) is 0 Å². The first-order chi connectivity index (χ1) is 9.63. The van der Waals surface area contributed by atoms with Crippen LogP contribution in [0.4, 0.5) is 4.79 Å². The van der Waals surface area contributed by atoms with Gasteiger partial charge in [-0.3, -0.25) is 0 Å². The van der Waals surface area contributed by atoms with Crippen LogP contribution in [0, 0.1) is 0 Å². The van der Waals surface area contributed by atoms with Crippen LogP contribution in [0.2, 0.25) is 0 Å². The first-order valence-electron chi connectivity index (χ1n) is 6.68. The summed E-state index contributed by atoms with van der Waals surface area (Å²) < 4.78 is 10.2. The van der Waals surface area contributed by atoms with Gasteiger partial charge in [0.2, 0.25) is 0 Å². The van der Waals surface area contributed by atoms with E-state index in [0.717, 1.165) is 0 Å². The quantitative estimate of drug-likeness (QED) is 0.814. The number of fused-ring (bicyclic) bond motifs is 1. The maximum absolute atomic E-state index is 11.8. The maximum atomic E-state index is 11.8. The number of amides is 1. The molecule has 1 aromatic carbocycles. The summed E-state index contributed by atoms with van der Waals surface area (Å²) in [5, 5.41) is 13.1. The Morgan fingerprint density at radius 1 is 1.38 bits per heavy atom. The minimum atomic E-state index is -1.90. The summed E-state index contributed by atoms with van der Waals surface area (Å²) in [5.41, 5.74) is -0.0344. The van der Waals surface area contributed by atoms with E-state index in [-0.39, 0.29) is 5.56 Å². The Morgan fingerprint density at radius 3 is 2.62 bits per heavy atom. The molecule has 6 heteroatoms. The number of carbonyl (C=O) groups is 2. The maximum Gasteiger partial charge on any atom is 0.408 e. The third-order valence-corrected chi connectivity index (χ3v) is 3.10. The van der Waals surface area contributed by atoms with E-state index >= 15 is 0 Å². The number of hydrogen-bond donors (Lipinski definition) is 2. The number of alkyl carbamates (subject to hydrolysis) is 1. The summed E-state index contributed by atoms with van der Waals surface area (Å²) in [6.07, 6.45) is -0.691. The molecule has 2 N–H and O–H groups in total. The fourth-order valence-corrected chi connectivity index (χ4v) is 2.13. The van der Waals surface area contributed by atoms with Crippen LogP contribution < -0.4 is 5.32 Å². The number of benzene rings is 1. The number of rotatable bonds is 2. The molecule has 0 spiro atoms. The van der Waals surface area contributed by atoms with Gasteiger partial charge in [-0.2, -0.15) is 0 Å². The molecule has 0 bridgehead atoms. The molecule has 0 saturated carbocycles. The third-order valence-electron chi connectivity index (χ3n) is 3.10. The van der Waals surface area contributed by atoms with Gasteiger partial charge in [0.1, 0.15) is 5.60 Å². The van der Waals surface area contributed by atoms with Crippen LogP contribution in [0.3, 0.4) is 0 Å². The van der Waals surface area contributed by atoms with Crippen LogP contribution in [0.5, 0.6) is 0 Å². The Bertz CT molecular complexity index is 578. The highest BCUT2D eigenvalue weighted by Crippen LogP contribution is 2.36. The molecule has 0 saturated heterocycles. The number of cyclic esters (lactones) is 1. The van der Waals surface area contributed by atoms with Crippen LogP contribution in [0.25, 0.3) is 0 Å². The van der Waals surface area contributed by atoms with E-state index in [0.29, 0.717) is 5.56 Å². The van der Waals surface area contributed by atoms with Crippen molar-refractivity contribution in [2.24, 2.45) is 0 Å². The van der Waals surface area contributed by atoms with Gasteiger partial charge in [-0.1, -0.05) is 18.2 Å². The van der Waals surface area contributed by atoms with Crippen LogP contribution in [-0.2, 0) is 15.3 Å². The Morgan fingerprint density at radius 2 is 2.00 bits per heavy atom. The summed E-state index contributed by atoms with van der Waals surface area (Å²) in [6, 6.07) is 5.66. The number of carbonyl (C=O) groups excluding carboxylic acids is 2. The molecule has 2 rings (SSSR count). The molecular weight excluding hydrogens is 274 g/mol. The molecule has 6 nitrogen and oxygen atoms in total. The summed E-state index contributed by atoms with van der Waals surface area (Å²) in [7, 11) is 0. The Labute approximate surface area is 123 Å². The van der Waals surface area contributed by atoms with E-state index in [1.807, 2.05) is 0 Å². The van der Waals surface area contributed by atoms with Gasteiger partial charge in [0, 0.05) is 5.56 Å². The van der Waals surface area contributed by atoms with E-state index in [9.17, 15) is 14.7 Å². The zero-order valence-corrected chi connectivity index (χ0v) is 12.5. The second kappa shape index (κ2) is 5.04. The Balaban J connectivity index is 2.18. The molecule has 2 unspecified atom stereocenters. The molecule has 1 heterocycles. The summed E-state index contributed by atoms with van der Waals surface area (Å²) >= 11 is 0. The third kappa shape index (κ3) is 3.00. The smallest absolute Gasteiger partial charge is 0.408 e. The summed E-state index contributed by atoms with van der Waals surface area (Å²) in [5.74, 6) is -2.52. The fraction of sp³-hybridized carbons (Fsp3) is 0.467. The zero-order chi connectivity index (χ0) is 15.8. The predicted octanol–water partition coefficient (Wildman–Crippen LogP) is 1.92. The second-order valence-corrected chi connectivity index (χ2v) is 6.00. The lowest BCUT2D eigenvalue weighted by Crippen LogP contribution is -2.50. The molecule has 0 radical (unpaired) electrons.